The van der Waals surface area contributed by atoms with E-state index in [1.165, 1.54) is 27.4 Å². The van der Waals surface area contributed by atoms with Crippen LogP contribution in [-0.4, -0.2) is 9.38 Å². The van der Waals surface area contributed by atoms with Gasteiger partial charge in [0.05, 0.1) is 16.6 Å². The lowest BCUT2D eigenvalue weighted by molar-refractivity contribution is 1.05. The van der Waals surface area contributed by atoms with Gasteiger partial charge < -0.3 is 0 Å². The van der Waals surface area contributed by atoms with E-state index in [-0.39, 0.29) is 0 Å². The van der Waals surface area contributed by atoms with Gasteiger partial charge in [0.1, 0.15) is 5.82 Å². The molecule has 2 heterocycles. The van der Waals surface area contributed by atoms with E-state index in [2.05, 4.69) is 60.7 Å². The maximum absolute atomic E-state index is 4.71. The highest BCUT2D eigenvalue weighted by Gasteiger charge is 2.09. The van der Waals surface area contributed by atoms with Crippen LogP contribution in [0.2, 0.25) is 0 Å². The fourth-order valence-electron chi connectivity index (χ4n) is 2.89. The van der Waals surface area contributed by atoms with E-state index < -0.39 is 0 Å². The third-order valence-corrected chi connectivity index (χ3v) is 3.74. The van der Waals surface area contributed by atoms with Gasteiger partial charge in [0.2, 0.25) is 0 Å². The molecule has 0 aliphatic carbocycles. The summed E-state index contributed by atoms with van der Waals surface area (Å²) in [5.41, 5.74) is 4.82. The molecule has 0 spiro atoms. The van der Waals surface area contributed by atoms with Gasteiger partial charge in [0.25, 0.3) is 0 Å². The summed E-state index contributed by atoms with van der Waals surface area (Å²) in [7, 11) is 0. The number of hydrogen-bond acceptors (Lipinski definition) is 1. The molecular weight excluding hydrogens is 232 g/mol. The van der Waals surface area contributed by atoms with Gasteiger partial charge in [-0.25, -0.2) is 4.98 Å². The monoisotopic (exact) mass is 246 g/mol. The average Bonchev–Trinajstić information content (AvgIpc) is 2.78. The number of nitrogens with zero attached hydrogens (tertiary/aromatic N) is 2. The Hall–Kier alpha value is -2.35. The van der Waals surface area contributed by atoms with Crippen molar-refractivity contribution in [3.05, 3.63) is 59.9 Å². The zero-order valence-electron chi connectivity index (χ0n) is 11.0. The van der Waals surface area contributed by atoms with Crippen molar-refractivity contribution in [1.29, 1.82) is 0 Å². The lowest BCUT2D eigenvalue weighted by Gasteiger charge is -2.06. The lowest BCUT2D eigenvalue weighted by atomic mass is 10.2. The lowest BCUT2D eigenvalue weighted by Crippen LogP contribution is -1.95. The Morgan fingerprint density at radius 2 is 1.74 bits per heavy atom. The first-order valence-electron chi connectivity index (χ1n) is 6.51. The van der Waals surface area contributed by atoms with Gasteiger partial charge >= 0.3 is 0 Å². The molecule has 4 rings (SSSR count). The van der Waals surface area contributed by atoms with Crippen molar-refractivity contribution in [3.8, 4) is 0 Å². The summed E-state index contributed by atoms with van der Waals surface area (Å²) < 4.78 is 2.25. The molecule has 2 heteroatoms. The van der Waals surface area contributed by atoms with Crippen molar-refractivity contribution in [2.24, 2.45) is 0 Å². The van der Waals surface area contributed by atoms with Crippen LogP contribution in [0.3, 0.4) is 0 Å². The SMILES string of the molecule is Cc1ccc2c(c1)cc1c3ccccc3nc(C)n21. The number of benzene rings is 2. The largest absolute Gasteiger partial charge is 0.297 e. The average molecular weight is 246 g/mol. The Balaban J connectivity index is 2.33. The number of rotatable bonds is 0. The smallest absolute Gasteiger partial charge is 0.111 e. The Labute approximate surface area is 111 Å². The maximum Gasteiger partial charge on any atom is 0.111 e. The van der Waals surface area contributed by atoms with Gasteiger partial charge in [0.15, 0.2) is 0 Å². The number of para-hydroxylation sites is 1. The molecule has 2 aromatic carbocycles. The standard InChI is InChI=1S/C17H14N2/c1-11-7-8-16-13(9-11)10-17-14-5-3-4-6-15(14)18-12(2)19(16)17/h3-10H,1-2H3. The topological polar surface area (TPSA) is 17.3 Å². The third kappa shape index (κ3) is 1.40. The first kappa shape index (κ1) is 10.6. The van der Waals surface area contributed by atoms with Crippen LogP contribution < -0.4 is 0 Å². The second kappa shape index (κ2) is 3.58. The second-order valence-corrected chi connectivity index (χ2v) is 5.10. The predicted molar refractivity (Wildman–Crippen MR) is 79.7 cm³/mol. The molecule has 0 N–H and O–H groups in total. The molecule has 2 aromatic heterocycles. The summed E-state index contributed by atoms with van der Waals surface area (Å²) in [5, 5.41) is 2.49. The van der Waals surface area contributed by atoms with Gasteiger partial charge in [-0.15, -0.1) is 0 Å². The summed E-state index contributed by atoms with van der Waals surface area (Å²) in [4.78, 5) is 4.71. The van der Waals surface area contributed by atoms with E-state index in [0.717, 1.165) is 11.3 Å². The fourth-order valence-corrected chi connectivity index (χ4v) is 2.89. The molecule has 0 unspecified atom stereocenters. The van der Waals surface area contributed by atoms with Gasteiger partial charge in [-0.3, -0.25) is 4.40 Å². The number of fused-ring (bicyclic) bond motifs is 5. The highest BCUT2D eigenvalue weighted by molar-refractivity contribution is 6.01. The van der Waals surface area contributed by atoms with E-state index in [4.69, 9.17) is 4.98 Å². The minimum atomic E-state index is 1.03. The molecule has 4 aromatic rings. The number of hydrogen-bond donors (Lipinski definition) is 0. The minimum Gasteiger partial charge on any atom is -0.297 e. The van der Waals surface area contributed by atoms with Crippen LogP contribution in [0.1, 0.15) is 11.4 Å². The molecule has 19 heavy (non-hydrogen) atoms. The summed E-state index contributed by atoms with van der Waals surface area (Å²) >= 11 is 0. The molecule has 0 radical (unpaired) electrons. The van der Waals surface area contributed by atoms with Gasteiger partial charge in [0, 0.05) is 10.8 Å². The van der Waals surface area contributed by atoms with E-state index in [0.29, 0.717) is 0 Å². The molecule has 0 saturated heterocycles. The summed E-state index contributed by atoms with van der Waals surface area (Å²) in [6.07, 6.45) is 0. The number of aryl methyl sites for hydroxylation is 2. The molecule has 0 fully saturated rings. The Morgan fingerprint density at radius 1 is 0.895 bits per heavy atom. The molecule has 92 valence electrons. The van der Waals surface area contributed by atoms with E-state index >= 15 is 0 Å². The van der Waals surface area contributed by atoms with Crippen LogP contribution in [0.5, 0.6) is 0 Å². The van der Waals surface area contributed by atoms with Crippen molar-refractivity contribution < 1.29 is 0 Å². The second-order valence-electron chi connectivity index (χ2n) is 5.10. The summed E-state index contributed by atoms with van der Waals surface area (Å²) in [5.74, 6) is 1.03. The molecule has 0 aliphatic heterocycles. The normalized spacial score (nSPS) is 11.7. The van der Waals surface area contributed by atoms with Crippen molar-refractivity contribution in [2.45, 2.75) is 13.8 Å². The number of aromatic nitrogens is 2. The molecule has 0 saturated carbocycles. The first-order valence-corrected chi connectivity index (χ1v) is 6.51. The third-order valence-electron chi connectivity index (χ3n) is 3.74. The minimum absolute atomic E-state index is 1.03. The Morgan fingerprint density at radius 3 is 2.63 bits per heavy atom. The molecule has 0 bridgehead atoms. The van der Waals surface area contributed by atoms with Crippen molar-refractivity contribution >= 4 is 27.3 Å². The highest BCUT2D eigenvalue weighted by Crippen LogP contribution is 2.27. The molecule has 0 aliphatic rings. The molecule has 2 nitrogen and oxygen atoms in total. The molecular formula is C17H14N2. The van der Waals surface area contributed by atoms with E-state index in [9.17, 15) is 0 Å². The zero-order valence-corrected chi connectivity index (χ0v) is 11.0. The molecule has 0 atom stereocenters. The zero-order chi connectivity index (χ0) is 13.0. The quantitative estimate of drug-likeness (QED) is 0.453. The first-order chi connectivity index (χ1) is 9.24. The van der Waals surface area contributed by atoms with Crippen molar-refractivity contribution in [2.75, 3.05) is 0 Å². The van der Waals surface area contributed by atoms with E-state index in [1.54, 1.807) is 0 Å². The summed E-state index contributed by atoms with van der Waals surface area (Å²) in [6.45, 7) is 4.20. The van der Waals surface area contributed by atoms with Gasteiger partial charge in [-0.05, 0) is 38.1 Å². The van der Waals surface area contributed by atoms with Crippen LogP contribution in [0.4, 0.5) is 0 Å². The van der Waals surface area contributed by atoms with Crippen LogP contribution in [-0.2, 0) is 0 Å². The van der Waals surface area contributed by atoms with Crippen molar-refractivity contribution in [3.63, 3.8) is 0 Å². The van der Waals surface area contributed by atoms with Gasteiger partial charge in [-0.2, -0.15) is 0 Å². The van der Waals surface area contributed by atoms with Crippen LogP contribution in [0, 0.1) is 13.8 Å². The fraction of sp³-hybridized carbons (Fsp3) is 0.118. The van der Waals surface area contributed by atoms with Crippen molar-refractivity contribution in [1.82, 2.24) is 9.38 Å². The highest BCUT2D eigenvalue weighted by atomic mass is 15.0. The summed E-state index contributed by atoms with van der Waals surface area (Å²) in [6, 6.07) is 17.2. The van der Waals surface area contributed by atoms with Gasteiger partial charge in [-0.1, -0.05) is 29.8 Å². The van der Waals surface area contributed by atoms with Crippen LogP contribution in [0.15, 0.2) is 48.5 Å². The maximum atomic E-state index is 4.71. The predicted octanol–water partition coefficient (Wildman–Crippen LogP) is 4.26. The Kier molecular flexibility index (Phi) is 1.99. The molecule has 0 amide bonds. The van der Waals surface area contributed by atoms with Crippen LogP contribution in [0.25, 0.3) is 27.3 Å². The van der Waals surface area contributed by atoms with Crippen LogP contribution >= 0.6 is 0 Å². The van der Waals surface area contributed by atoms with E-state index in [1.807, 2.05) is 6.07 Å². The Bertz CT molecular complexity index is 932.